The minimum Gasteiger partial charge on any atom is -0.508 e. The zero-order valence-electron chi connectivity index (χ0n) is 41.0. The van der Waals surface area contributed by atoms with Crippen molar-refractivity contribution in [2.75, 3.05) is 0 Å². The molecule has 0 aliphatic heterocycles. The van der Waals surface area contributed by atoms with Gasteiger partial charge in [-0.15, -0.1) is 0 Å². The number of phenolic OH excluding ortho intramolecular Hbond substituents is 6. The molecule has 0 heterocycles. The van der Waals surface area contributed by atoms with Crippen molar-refractivity contribution in [3.63, 3.8) is 0 Å². The van der Waals surface area contributed by atoms with Gasteiger partial charge in [-0.1, -0.05) is 48.5 Å². The number of rotatable bonds is 8. The molecule has 0 unspecified atom stereocenters. The molecule has 4 aliphatic rings. The van der Waals surface area contributed by atoms with E-state index in [1.54, 1.807) is 0 Å². The third kappa shape index (κ3) is 6.87. The fourth-order valence-electron chi connectivity index (χ4n) is 13.8. The summed E-state index contributed by atoms with van der Waals surface area (Å²) in [6.45, 7) is 23.8. The Bertz CT molecular complexity index is 2670. The molecule has 10 rings (SSSR count). The van der Waals surface area contributed by atoms with Gasteiger partial charge in [0.05, 0.1) is 0 Å². The number of aromatic hydroxyl groups is 6. The van der Waals surface area contributed by atoms with Crippen LogP contribution in [0.5, 0.6) is 34.5 Å². The Hall–Kier alpha value is -5.88. The molecule has 6 N–H and O–H groups in total. The first-order valence-electron chi connectivity index (χ1n) is 23.9. The van der Waals surface area contributed by atoms with Gasteiger partial charge in [-0.25, -0.2) is 0 Å². The molecule has 0 spiro atoms. The average Bonchev–Trinajstić information content (AvgIpc) is 3.28. The van der Waals surface area contributed by atoms with Crippen LogP contribution in [-0.2, 0) is 10.8 Å². The van der Waals surface area contributed by atoms with E-state index in [-0.39, 0.29) is 57.2 Å². The third-order valence-corrected chi connectivity index (χ3v) is 17.6. The summed E-state index contributed by atoms with van der Waals surface area (Å²) in [6, 6.07) is 21.1. The summed E-state index contributed by atoms with van der Waals surface area (Å²) in [4.78, 5) is 0. The molecule has 6 heteroatoms. The van der Waals surface area contributed by atoms with Crippen molar-refractivity contribution >= 4 is 0 Å². The number of aryl methyl sites for hydroxylation is 4. The predicted molar refractivity (Wildman–Crippen MR) is 265 cm³/mol. The van der Waals surface area contributed by atoms with Crippen LogP contribution in [0.3, 0.4) is 0 Å². The summed E-state index contributed by atoms with van der Waals surface area (Å²) in [5, 5.41) is 68.5. The first kappa shape index (κ1) is 45.3. The van der Waals surface area contributed by atoms with Crippen LogP contribution in [0.2, 0.25) is 0 Å². The third-order valence-electron chi connectivity index (χ3n) is 17.6. The van der Waals surface area contributed by atoms with Crippen molar-refractivity contribution in [2.24, 2.45) is 11.8 Å². The lowest BCUT2D eigenvalue weighted by atomic mass is 9.41. The second-order valence-corrected chi connectivity index (χ2v) is 21.5. The highest BCUT2D eigenvalue weighted by Crippen LogP contribution is 2.67. The molecule has 0 radical (unpaired) electrons. The maximum absolute atomic E-state index is 12.1. The first-order chi connectivity index (χ1) is 31.1. The van der Waals surface area contributed by atoms with Crippen molar-refractivity contribution in [1.29, 1.82) is 0 Å². The van der Waals surface area contributed by atoms with Gasteiger partial charge in [0.15, 0.2) is 0 Å². The van der Waals surface area contributed by atoms with Gasteiger partial charge < -0.3 is 30.6 Å². The van der Waals surface area contributed by atoms with E-state index < -0.39 is 0 Å². The summed E-state index contributed by atoms with van der Waals surface area (Å²) in [5.74, 6) is 1.95. The summed E-state index contributed by atoms with van der Waals surface area (Å²) in [7, 11) is 0. The highest BCUT2D eigenvalue weighted by atomic mass is 16.3. The van der Waals surface area contributed by atoms with Gasteiger partial charge in [-0.05, 0) is 257 Å². The molecule has 0 atom stereocenters. The van der Waals surface area contributed by atoms with Crippen LogP contribution in [0, 0.1) is 94.9 Å². The molecule has 4 bridgehead atoms. The molecule has 66 heavy (non-hydrogen) atoms. The van der Waals surface area contributed by atoms with Crippen LogP contribution in [-0.4, -0.2) is 30.6 Å². The SMILES string of the molecule is Cc1cc(C(c2cc(C34CC5CC(C3)CC(c3ccc(O)c(C(c6cc(C)c(O)c(C)c6C)c6cc(C)c(O)c(C)c6C)c3)(C5)C4)ccc2O)c2cc(C)c(O)c(C)c2C)c(C)c(C)c1O. The quantitative estimate of drug-likeness (QED) is 0.0847. The number of benzene rings is 6. The van der Waals surface area contributed by atoms with Crippen molar-refractivity contribution in [1.82, 2.24) is 0 Å². The van der Waals surface area contributed by atoms with Crippen LogP contribution >= 0.6 is 0 Å². The van der Waals surface area contributed by atoms with Crippen LogP contribution in [0.15, 0.2) is 60.7 Å². The van der Waals surface area contributed by atoms with Crippen molar-refractivity contribution in [2.45, 2.75) is 144 Å². The Morgan fingerprint density at radius 1 is 0.364 bits per heavy atom. The molecule has 4 saturated carbocycles. The monoisotopic (exact) mass is 885 g/mol. The lowest BCUT2D eigenvalue weighted by Crippen LogP contribution is -2.56. The van der Waals surface area contributed by atoms with Gasteiger partial charge in [0.1, 0.15) is 34.5 Å². The van der Waals surface area contributed by atoms with Gasteiger partial charge in [0.2, 0.25) is 0 Å². The first-order valence-corrected chi connectivity index (χ1v) is 23.9. The van der Waals surface area contributed by atoms with Gasteiger partial charge in [0, 0.05) is 23.0 Å². The molecular formula is C60H68O6. The predicted octanol–water partition coefficient (Wildman–Crippen LogP) is 13.8. The van der Waals surface area contributed by atoms with Crippen molar-refractivity contribution in [3.8, 4) is 34.5 Å². The highest BCUT2D eigenvalue weighted by Gasteiger charge is 2.59. The topological polar surface area (TPSA) is 121 Å². The van der Waals surface area contributed by atoms with Crippen LogP contribution < -0.4 is 0 Å². The molecule has 6 aromatic rings. The lowest BCUT2D eigenvalue weighted by Gasteiger charge is -2.63. The summed E-state index contributed by atoms with van der Waals surface area (Å²) < 4.78 is 0. The molecular weight excluding hydrogens is 817 g/mol. The van der Waals surface area contributed by atoms with E-state index in [0.717, 1.165) is 132 Å². The Labute approximate surface area is 391 Å². The molecule has 6 nitrogen and oxygen atoms in total. The Kier molecular flexibility index (Phi) is 10.9. The molecule has 0 aromatic heterocycles. The zero-order chi connectivity index (χ0) is 47.6. The molecule has 6 aromatic carbocycles. The van der Waals surface area contributed by atoms with E-state index in [9.17, 15) is 30.6 Å². The summed E-state index contributed by atoms with van der Waals surface area (Å²) in [6.07, 6.45) is 6.48. The second-order valence-electron chi connectivity index (χ2n) is 21.5. The van der Waals surface area contributed by atoms with E-state index in [0.29, 0.717) is 11.8 Å². The Balaban J connectivity index is 1.21. The lowest BCUT2D eigenvalue weighted by molar-refractivity contribution is -0.0282. The molecule has 0 amide bonds. The second kappa shape index (κ2) is 15.9. The van der Waals surface area contributed by atoms with Crippen molar-refractivity contribution < 1.29 is 30.6 Å². The van der Waals surface area contributed by atoms with Gasteiger partial charge >= 0.3 is 0 Å². The zero-order valence-corrected chi connectivity index (χ0v) is 41.0. The standard InChI is InChI=1S/C60H68O6/c1-29-17-45(33(5)37(9)55(29)63)53(46-18-30(2)56(64)38(10)34(46)6)49-22-43(13-15-51(49)61)59-24-41-21-42(25-59)27-60(26-41,28-59)44-14-16-52(62)50(23-44)54(47-19-31(3)57(65)39(11)35(47)7)48-20-32(4)58(66)40(12)36(48)8/h13-20,22-23,41-42,53-54,61-66H,21,24-28H2,1-12H3. The maximum Gasteiger partial charge on any atom is 0.121 e. The smallest absolute Gasteiger partial charge is 0.121 e. The molecule has 0 saturated heterocycles. The number of hydrogen-bond acceptors (Lipinski definition) is 6. The summed E-state index contributed by atoms with van der Waals surface area (Å²) >= 11 is 0. The van der Waals surface area contributed by atoms with Gasteiger partial charge in [0.25, 0.3) is 0 Å². The number of phenols is 6. The molecule has 344 valence electrons. The fraction of sp³-hybridized carbons (Fsp3) is 0.400. The van der Waals surface area contributed by atoms with Crippen molar-refractivity contribution in [3.05, 3.63) is 172 Å². The molecule has 4 aliphatic carbocycles. The van der Waals surface area contributed by atoms with E-state index in [4.69, 9.17) is 0 Å². The van der Waals surface area contributed by atoms with E-state index in [1.165, 1.54) is 17.5 Å². The Morgan fingerprint density at radius 3 is 0.909 bits per heavy atom. The minimum absolute atomic E-state index is 0.135. The average molecular weight is 885 g/mol. The van der Waals surface area contributed by atoms with Crippen LogP contribution in [0.25, 0.3) is 0 Å². The van der Waals surface area contributed by atoms with E-state index >= 15 is 0 Å². The Morgan fingerprint density at radius 2 is 0.636 bits per heavy atom. The summed E-state index contributed by atoms with van der Waals surface area (Å²) in [5.41, 5.74) is 18.4. The van der Waals surface area contributed by atoms with Crippen LogP contribution in [0.1, 0.15) is 162 Å². The fourth-order valence-corrected chi connectivity index (χ4v) is 13.8. The van der Waals surface area contributed by atoms with E-state index in [1.807, 2.05) is 67.5 Å². The maximum atomic E-state index is 12.1. The normalized spacial score (nSPS) is 21.1. The van der Waals surface area contributed by atoms with Gasteiger partial charge in [-0.2, -0.15) is 0 Å². The van der Waals surface area contributed by atoms with Gasteiger partial charge in [-0.3, -0.25) is 0 Å². The van der Waals surface area contributed by atoms with Crippen LogP contribution in [0.4, 0.5) is 0 Å². The highest BCUT2D eigenvalue weighted by molar-refractivity contribution is 5.64. The van der Waals surface area contributed by atoms with E-state index in [2.05, 4.69) is 76.2 Å². The largest absolute Gasteiger partial charge is 0.508 e. The minimum atomic E-state index is -0.355. The number of hydrogen-bond donors (Lipinski definition) is 6. The molecule has 4 fully saturated rings.